The van der Waals surface area contributed by atoms with Crippen molar-refractivity contribution >= 4 is 44.8 Å². The molecule has 38 heavy (non-hydrogen) atoms. The van der Waals surface area contributed by atoms with Gasteiger partial charge >= 0.3 is 0 Å². The van der Waals surface area contributed by atoms with Gasteiger partial charge in [-0.25, -0.2) is 0 Å². The zero-order valence-corrected chi connectivity index (χ0v) is 29.8. The summed E-state index contributed by atoms with van der Waals surface area (Å²) in [7, 11) is -7.15. The lowest BCUT2D eigenvalue weighted by Crippen LogP contribution is -2.42. The van der Waals surface area contributed by atoms with Crippen molar-refractivity contribution in [1.29, 1.82) is 0 Å². The van der Waals surface area contributed by atoms with Gasteiger partial charge in [0.25, 0.3) is 0 Å². The van der Waals surface area contributed by atoms with Crippen LogP contribution in [0, 0.1) is 13.8 Å². The van der Waals surface area contributed by atoms with Crippen LogP contribution in [0.4, 0.5) is 0 Å². The van der Waals surface area contributed by atoms with Crippen molar-refractivity contribution in [2.24, 2.45) is 0 Å². The Kier molecular flexibility index (Phi) is 8.89. The fraction of sp³-hybridized carbons (Fsp3) is 0.533. The highest BCUT2D eigenvalue weighted by molar-refractivity contribution is 6.84. The molecule has 0 fully saturated rings. The van der Waals surface area contributed by atoms with E-state index < -0.39 is 33.3 Å². The average Bonchev–Trinajstić information content (AvgIpc) is 2.72. The molecular weight excluding hydrogens is 537 g/mol. The van der Waals surface area contributed by atoms with E-state index in [1.54, 1.807) is 0 Å². The van der Waals surface area contributed by atoms with Gasteiger partial charge in [0.05, 0.1) is 0 Å². The Morgan fingerprint density at radius 1 is 0.579 bits per heavy atom. The predicted molar refractivity (Wildman–Crippen MR) is 170 cm³/mol. The van der Waals surface area contributed by atoms with E-state index in [4.69, 9.17) is 8.23 Å². The van der Waals surface area contributed by atoms with Crippen molar-refractivity contribution in [2.45, 2.75) is 104 Å². The number of aryl methyl sites for hydroxylation is 4. The number of hydrogen-bond acceptors (Lipinski definition) is 4. The number of ketones is 2. The molecule has 1 aliphatic carbocycles. The van der Waals surface area contributed by atoms with Crippen LogP contribution in [0.25, 0.3) is 0 Å². The molecule has 0 heterocycles. The normalized spacial score (nSPS) is 14.5. The van der Waals surface area contributed by atoms with Crippen LogP contribution in [0.1, 0.15) is 54.1 Å². The van der Waals surface area contributed by atoms with Crippen LogP contribution in [-0.2, 0) is 21.1 Å². The zero-order chi connectivity index (χ0) is 28.8. The molecule has 0 spiro atoms. The highest BCUT2D eigenvalue weighted by Gasteiger charge is 2.36. The minimum Gasteiger partial charge on any atom is -0.456 e. The highest BCUT2D eigenvalue weighted by atomic mass is 28.4. The quantitative estimate of drug-likeness (QED) is 0.225. The van der Waals surface area contributed by atoms with Crippen molar-refractivity contribution < 1.29 is 17.8 Å². The van der Waals surface area contributed by atoms with Gasteiger partial charge in [-0.15, -0.1) is 0 Å². The van der Waals surface area contributed by atoms with E-state index in [0.29, 0.717) is 22.3 Å². The minimum absolute atomic E-state index is 0.00464. The molecule has 0 atom stereocenters. The monoisotopic (exact) mass is 584 g/mol. The highest BCUT2D eigenvalue weighted by Crippen LogP contribution is 2.36. The van der Waals surface area contributed by atoms with E-state index in [9.17, 15) is 9.59 Å². The average molecular weight is 585 g/mol. The first kappa shape index (κ1) is 31.1. The summed E-state index contributed by atoms with van der Waals surface area (Å²) in [6, 6.07) is 9.89. The van der Waals surface area contributed by atoms with E-state index in [2.05, 4.69) is 77.6 Å². The maximum atomic E-state index is 14.1. The van der Waals surface area contributed by atoms with Gasteiger partial charge in [0.15, 0.2) is 44.8 Å². The Balaban J connectivity index is 2.06. The fourth-order valence-electron chi connectivity index (χ4n) is 5.72. The van der Waals surface area contributed by atoms with Gasteiger partial charge < -0.3 is 8.23 Å². The summed E-state index contributed by atoms with van der Waals surface area (Å²) in [6.07, 6.45) is 1.51. The largest absolute Gasteiger partial charge is 0.456 e. The summed E-state index contributed by atoms with van der Waals surface area (Å²) in [5, 5.41) is 0. The summed E-state index contributed by atoms with van der Waals surface area (Å²) in [5.41, 5.74) is 6.42. The van der Waals surface area contributed by atoms with Gasteiger partial charge in [-0.05, 0) is 139 Å². The molecule has 0 aromatic heterocycles. The van der Waals surface area contributed by atoms with Crippen LogP contribution < -0.4 is 0 Å². The van der Waals surface area contributed by atoms with Gasteiger partial charge in [-0.2, -0.15) is 0 Å². The molecule has 2 aromatic rings. The van der Waals surface area contributed by atoms with Crippen LogP contribution in [-0.4, -0.2) is 44.8 Å². The summed E-state index contributed by atoms with van der Waals surface area (Å²) in [4.78, 5) is 28.1. The van der Waals surface area contributed by atoms with Crippen LogP contribution in [0.3, 0.4) is 0 Å². The SMILES string of the molecule is Cc1cc2c(cc1C)C(=O)c1c(CC[Si](C)(C)O[Si](C)(C)C)ccc(CC[Si](C)(C)O[Si](C)(C)C)c1C2=O. The molecule has 1 aliphatic rings. The summed E-state index contributed by atoms with van der Waals surface area (Å²) in [5.74, 6) is -0.00927. The van der Waals surface area contributed by atoms with Gasteiger partial charge in [0.1, 0.15) is 0 Å². The second-order valence-electron chi connectivity index (χ2n) is 14.2. The number of hydrogen-bond donors (Lipinski definition) is 0. The number of fused-ring (bicyclic) bond motifs is 2. The van der Waals surface area contributed by atoms with Gasteiger partial charge in [-0.1, -0.05) is 12.1 Å². The number of carbonyl (C=O) groups is 2. The lowest BCUT2D eigenvalue weighted by Gasteiger charge is -2.33. The molecule has 0 unspecified atom stereocenters. The third kappa shape index (κ3) is 7.60. The van der Waals surface area contributed by atoms with Gasteiger partial charge in [0, 0.05) is 22.3 Å². The Morgan fingerprint density at radius 3 is 1.18 bits per heavy atom. The molecule has 0 radical (unpaired) electrons. The van der Waals surface area contributed by atoms with Crippen molar-refractivity contribution in [3.05, 3.63) is 68.8 Å². The lowest BCUT2D eigenvalue weighted by atomic mass is 9.77. The first-order valence-electron chi connectivity index (χ1n) is 14.0. The maximum absolute atomic E-state index is 14.1. The molecule has 0 amide bonds. The van der Waals surface area contributed by atoms with Crippen molar-refractivity contribution in [2.75, 3.05) is 0 Å². The zero-order valence-electron chi connectivity index (χ0n) is 25.8. The summed E-state index contributed by atoms with van der Waals surface area (Å²) < 4.78 is 13.2. The maximum Gasteiger partial charge on any atom is 0.194 e. The van der Waals surface area contributed by atoms with E-state index in [0.717, 1.165) is 47.2 Å². The molecule has 4 nitrogen and oxygen atoms in total. The van der Waals surface area contributed by atoms with Crippen LogP contribution in [0.5, 0.6) is 0 Å². The summed E-state index contributed by atoms with van der Waals surface area (Å²) >= 11 is 0. The van der Waals surface area contributed by atoms with Crippen LogP contribution >= 0.6 is 0 Å². The van der Waals surface area contributed by atoms with E-state index >= 15 is 0 Å². The van der Waals surface area contributed by atoms with E-state index in [1.165, 1.54) is 0 Å². The smallest absolute Gasteiger partial charge is 0.194 e. The number of rotatable bonds is 10. The van der Waals surface area contributed by atoms with E-state index in [-0.39, 0.29) is 11.6 Å². The third-order valence-electron chi connectivity index (χ3n) is 7.11. The molecule has 0 bridgehead atoms. The molecule has 2 aromatic carbocycles. The molecule has 0 N–H and O–H groups in total. The van der Waals surface area contributed by atoms with Gasteiger partial charge in [-0.3, -0.25) is 9.59 Å². The summed E-state index contributed by atoms with van der Waals surface area (Å²) in [6.45, 7) is 26.5. The molecule has 0 aliphatic heterocycles. The topological polar surface area (TPSA) is 52.6 Å². The molecule has 0 saturated carbocycles. The minimum atomic E-state index is -1.91. The Morgan fingerprint density at radius 2 is 0.895 bits per heavy atom. The lowest BCUT2D eigenvalue weighted by molar-refractivity contribution is 0.0977. The molecule has 0 saturated heterocycles. The van der Waals surface area contributed by atoms with Crippen molar-refractivity contribution in [3.8, 4) is 0 Å². The predicted octanol–water partition coefficient (Wildman–Crippen LogP) is 8.28. The molecule has 8 heteroatoms. The van der Waals surface area contributed by atoms with Crippen molar-refractivity contribution in [3.63, 3.8) is 0 Å². The Hall–Kier alpha value is -1.43. The number of carbonyl (C=O) groups excluding carboxylic acids is 2. The fourth-order valence-corrected chi connectivity index (χ4v) is 21.5. The number of benzene rings is 2. The third-order valence-corrected chi connectivity index (χ3v) is 19.3. The Labute approximate surface area is 235 Å². The molecule has 3 rings (SSSR count). The van der Waals surface area contributed by atoms with Crippen LogP contribution in [0.2, 0.25) is 77.6 Å². The first-order valence-corrected chi connectivity index (χ1v) is 27.0. The first-order chi connectivity index (χ1) is 17.2. The Bertz CT molecular complexity index is 1150. The molecular formula is C30H48O4Si4. The second kappa shape index (κ2) is 10.9. The van der Waals surface area contributed by atoms with E-state index in [1.807, 2.05) is 26.0 Å². The molecule has 208 valence electrons. The van der Waals surface area contributed by atoms with Crippen LogP contribution in [0.15, 0.2) is 24.3 Å². The second-order valence-corrected chi connectivity index (χ2v) is 32.3. The standard InChI is InChI=1S/C30H48O4Si4/c1-21-19-25-26(20-22(21)2)30(32)28-24(16-18-38(11,12)34-36(6,7)8)14-13-23(27(28)29(25)31)15-17-37(9,10)33-35(3,4)5/h13-14,19-20H,15-18H2,1-12H3. The van der Waals surface area contributed by atoms with Gasteiger partial charge in [0.2, 0.25) is 0 Å². The van der Waals surface area contributed by atoms with Crippen molar-refractivity contribution in [1.82, 2.24) is 0 Å².